The highest BCUT2D eigenvalue weighted by Gasteiger charge is 2.03. The minimum absolute atomic E-state index is 0.256. The molecule has 0 saturated heterocycles. The summed E-state index contributed by atoms with van der Waals surface area (Å²) in [6.07, 6.45) is 6.42. The molecule has 78 valence electrons. The molecule has 0 fully saturated rings. The van der Waals surface area contributed by atoms with Crippen molar-refractivity contribution in [1.82, 2.24) is 9.55 Å². The lowest BCUT2D eigenvalue weighted by Crippen LogP contribution is -2.16. The zero-order valence-corrected chi connectivity index (χ0v) is 8.83. The molecule has 14 heavy (non-hydrogen) atoms. The lowest BCUT2D eigenvalue weighted by molar-refractivity contribution is 0.282. The van der Waals surface area contributed by atoms with E-state index in [-0.39, 0.29) is 6.61 Å². The first-order valence-corrected chi connectivity index (χ1v) is 5.08. The maximum absolute atomic E-state index is 8.61. The van der Waals surface area contributed by atoms with Crippen LogP contribution in [0.5, 0.6) is 0 Å². The second kappa shape index (κ2) is 5.72. The van der Waals surface area contributed by atoms with Crippen LogP contribution in [0.1, 0.15) is 25.1 Å². The number of thiocarbonyl (C=S) groups is 1. The van der Waals surface area contributed by atoms with Gasteiger partial charge in [0.1, 0.15) is 4.99 Å². The summed E-state index contributed by atoms with van der Waals surface area (Å²) in [4.78, 5) is 4.39. The van der Waals surface area contributed by atoms with E-state index in [9.17, 15) is 0 Å². The summed E-state index contributed by atoms with van der Waals surface area (Å²) >= 11 is 4.86. The Morgan fingerprint density at radius 3 is 2.93 bits per heavy atom. The molecule has 4 nitrogen and oxygen atoms in total. The summed E-state index contributed by atoms with van der Waals surface area (Å²) in [5.41, 5.74) is 5.50. The van der Waals surface area contributed by atoms with Crippen molar-refractivity contribution in [2.24, 2.45) is 5.73 Å². The molecule has 1 aromatic heterocycles. The van der Waals surface area contributed by atoms with Crippen molar-refractivity contribution in [3.8, 4) is 0 Å². The Hall–Kier alpha value is -0.940. The molecule has 1 aromatic rings. The Kier molecular flexibility index (Phi) is 4.55. The predicted molar refractivity (Wildman–Crippen MR) is 59.1 cm³/mol. The second-order valence-electron chi connectivity index (χ2n) is 3.09. The molecule has 0 bridgehead atoms. The SMILES string of the molecule is NC(=S)c1nccn1CCCCCO. The van der Waals surface area contributed by atoms with E-state index in [0.29, 0.717) is 10.8 Å². The van der Waals surface area contributed by atoms with Gasteiger partial charge in [0.05, 0.1) is 0 Å². The number of rotatable bonds is 6. The molecular weight excluding hydrogens is 198 g/mol. The normalized spacial score (nSPS) is 10.4. The molecule has 0 radical (unpaired) electrons. The molecule has 0 spiro atoms. The number of nitrogens with zero attached hydrogens (tertiary/aromatic N) is 2. The molecule has 0 unspecified atom stereocenters. The molecule has 5 heteroatoms. The summed E-state index contributed by atoms with van der Waals surface area (Å²) in [5, 5.41) is 8.61. The quantitative estimate of drug-likeness (QED) is 0.539. The van der Waals surface area contributed by atoms with Crippen molar-refractivity contribution >= 4 is 17.2 Å². The van der Waals surface area contributed by atoms with E-state index in [4.69, 9.17) is 23.1 Å². The van der Waals surface area contributed by atoms with E-state index in [2.05, 4.69) is 4.98 Å². The fourth-order valence-electron chi connectivity index (χ4n) is 1.29. The smallest absolute Gasteiger partial charge is 0.167 e. The van der Waals surface area contributed by atoms with Gasteiger partial charge < -0.3 is 15.4 Å². The third kappa shape index (κ3) is 3.08. The highest BCUT2D eigenvalue weighted by atomic mass is 32.1. The topological polar surface area (TPSA) is 64.1 Å². The third-order valence-electron chi connectivity index (χ3n) is 1.99. The third-order valence-corrected chi connectivity index (χ3v) is 2.18. The first-order valence-electron chi connectivity index (χ1n) is 4.67. The van der Waals surface area contributed by atoms with E-state index in [1.165, 1.54) is 0 Å². The summed E-state index contributed by atoms with van der Waals surface area (Å²) in [5.74, 6) is 0.670. The van der Waals surface area contributed by atoms with Crippen LogP contribution in [0.15, 0.2) is 12.4 Å². The lowest BCUT2D eigenvalue weighted by Gasteiger charge is -2.05. The highest BCUT2D eigenvalue weighted by Crippen LogP contribution is 2.02. The molecule has 0 aliphatic carbocycles. The number of aliphatic hydroxyl groups excluding tert-OH is 1. The van der Waals surface area contributed by atoms with Gasteiger partial charge in [0.25, 0.3) is 0 Å². The van der Waals surface area contributed by atoms with E-state index in [0.717, 1.165) is 25.8 Å². The second-order valence-corrected chi connectivity index (χ2v) is 3.53. The Balaban J connectivity index is 2.42. The Labute approximate surface area is 88.8 Å². The van der Waals surface area contributed by atoms with Gasteiger partial charge in [-0.3, -0.25) is 0 Å². The van der Waals surface area contributed by atoms with Gasteiger partial charge in [0.15, 0.2) is 5.82 Å². The van der Waals surface area contributed by atoms with Gasteiger partial charge in [-0.1, -0.05) is 12.2 Å². The number of aromatic nitrogens is 2. The standard InChI is InChI=1S/C9H15N3OS/c10-8(14)9-11-4-6-12(9)5-2-1-3-7-13/h4,6,13H,1-3,5,7H2,(H2,10,14). The van der Waals surface area contributed by atoms with Crippen LogP contribution in [-0.4, -0.2) is 26.3 Å². The predicted octanol–water partition coefficient (Wildman–Crippen LogP) is 0.680. The van der Waals surface area contributed by atoms with E-state index < -0.39 is 0 Å². The lowest BCUT2D eigenvalue weighted by atomic mass is 10.2. The Bertz CT molecular complexity index is 298. The average molecular weight is 213 g/mol. The van der Waals surface area contributed by atoms with E-state index in [1.807, 2.05) is 10.8 Å². The van der Waals surface area contributed by atoms with Gasteiger partial charge in [0.2, 0.25) is 0 Å². The van der Waals surface area contributed by atoms with E-state index >= 15 is 0 Å². The monoisotopic (exact) mass is 213 g/mol. The molecule has 0 aliphatic rings. The fraction of sp³-hybridized carbons (Fsp3) is 0.556. The van der Waals surface area contributed by atoms with Crippen molar-refractivity contribution in [1.29, 1.82) is 0 Å². The zero-order chi connectivity index (χ0) is 10.4. The number of nitrogens with two attached hydrogens (primary N) is 1. The number of aliphatic hydroxyl groups is 1. The van der Waals surface area contributed by atoms with Crippen molar-refractivity contribution in [3.05, 3.63) is 18.2 Å². The van der Waals surface area contributed by atoms with Crippen molar-refractivity contribution < 1.29 is 5.11 Å². The Morgan fingerprint density at radius 2 is 2.29 bits per heavy atom. The molecule has 1 rings (SSSR count). The van der Waals surface area contributed by atoms with Gasteiger partial charge in [-0.05, 0) is 19.3 Å². The van der Waals surface area contributed by atoms with Crippen LogP contribution in [0.2, 0.25) is 0 Å². The Morgan fingerprint density at radius 1 is 1.50 bits per heavy atom. The maximum Gasteiger partial charge on any atom is 0.167 e. The fourth-order valence-corrected chi connectivity index (χ4v) is 1.46. The molecule has 1 heterocycles. The number of unbranched alkanes of at least 4 members (excludes halogenated alkanes) is 2. The van der Waals surface area contributed by atoms with Gasteiger partial charge in [-0.15, -0.1) is 0 Å². The van der Waals surface area contributed by atoms with E-state index in [1.54, 1.807) is 6.20 Å². The first-order chi connectivity index (χ1) is 6.75. The minimum Gasteiger partial charge on any atom is -0.396 e. The largest absolute Gasteiger partial charge is 0.396 e. The number of hydrogen-bond acceptors (Lipinski definition) is 3. The summed E-state index contributed by atoms with van der Waals surface area (Å²) in [6, 6.07) is 0. The minimum atomic E-state index is 0.256. The van der Waals surface area contributed by atoms with Gasteiger partial charge >= 0.3 is 0 Å². The first kappa shape index (κ1) is 11.1. The van der Waals surface area contributed by atoms with Crippen LogP contribution < -0.4 is 5.73 Å². The molecular formula is C9H15N3OS. The molecule has 3 N–H and O–H groups in total. The number of hydrogen-bond donors (Lipinski definition) is 2. The summed E-state index contributed by atoms with van der Waals surface area (Å²) < 4.78 is 1.94. The van der Waals surface area contributed by atoms with Crippen LogP contribution in [0.25, 0.3) is 0 Å². The highest BCUT2D eigenvalue weighted by molar-refractivity contribution is 7.80. The van der Waals surface area contributed by atoms with Crippen LogP contribution in [-0.2, 0) is 6.54 Å². The van der Waals surface area contributed by atoms with Crippen LogP contribution >= 0.6 is 12.2 Å². The van der Waals surface area contributed by atoms with Crippen molar-refractivity contribution in [2.45, 2.75) is 25.8 Å². The van der Waals surface area contributed by atoms with Crippen LogP contribution in [0.4, 0.5) is 0 Å². The number of imidazole rings is 1. The molecule has 0 saturated carbocycles. The average Bonchev–Trinajstić information content (AvgIpc) is 2.60. The molecule has 0 aliphatic heterocycles. The van der Waals surface area contributed by atoms with Crippen LogP contribution in [0, 0.1) is 0 Å². The summed E-state index contributed by atoms with van der Waals surface area (Å²) in [6.45, 7) is 1.11. The van der Waals surface area contributed by atoms with Crippen molar-refractivity contribution in [2.75, 3.05) is 6.61 Å². The zero-order valence-electron chi connectivity index (χ0n) is 8.02. The maximum atomic E-state index is 8.61. The van der Waals surface area contributed by atoms with Gasteiger partial charge in [-0.2, -0.15) is 0 Å². The molecule has 0 atom stereocenters. The van der Waals surface area contributed by atoms with Crippen molar-refractivity contribution in [3.63, 3.8) is 0 Å². The van der Waals surface area contributed by atoms with Gasteiger partial charge in [-0.25, -0.2) is 4.98 Å². The molecule has 0 aromatic carbocycles. The van der Waals surface area contributed by atoms with Crippen LogP contribution in [0.3, 0.4) is 0 Å². The molecule has 0 amide bonds. The van der Waals surface area contributed by atoms with Gasteiger partial charge in [0, 0.05) is 25.5 Å². The number of aryl methyl sites for hydroxylation is 1. The summed E-state index contributed by atoms with van der Waals surface area (Å²) in [7, 11) is 0.